The zero-order valence-electron chi connectivity index (χ0n) is 12.2. The van der Waals surface area contributed by atoms with E-state index in [2.05, 4.69) is 18.8 Å². The molecule has 1 fully saturated rings. The van der Waals surface area contributed by atoms with Gasteiger partial charge in [0.15, 0.2) is 0 Å². The van der Waals surface area contributed by atoms with Crippen LogP contribution in [0, 0.1) is 23.6 Å². The third-order valence-corrected chi connectivity index (χ3v) is 3.74. The second-order valence-electron chi connectivity index (χ2n) is 5.56. The molecule has 1 atom stereocenters. The van der Waals surface area contributed by atoms with Gasteiger partial charge in [-0.25, -0.2) is 4.39 Å². The molecule has 0 radical (unpaired) electrons. The van der Waals surface area contributed by atoms with Crippen LogP contribution in [-0.2, 0) is 11.3 Å². The largest absolute Gasteiger partial charge is 0.384 e. The molecule has 21 heavy (non-hydrogen) atoms. The Morgan fingerprint density at radius 2 is 2.19 bits per heavy atom. The molecule has 1 aliphatic rings. The number of hydrogen-bond donors (Lipinski definition) is 1. The van der Waals surface area contributed by atoms with Crippen molar-refractivity contribution in [3.63, 3.8) is 0 Å². The van der Waals surface area contributed by atoms with Crippen LogP contribution in [-0.4, -0.2) is 29.1 Å². The minimum Gasteiger partial charge on any atom is -0.384 e. The first-order chi connectivity index (χ1) is 10.1. The van der Waals surface area contributed by atoms with Crippen LogP contribution in [0.5, 0.6) is 0 Å². The highest BCUT2D eigenvalue weighted by molar-refractivity contribution is 5.76. The lowest BCUT2D eigenvalue weighted by molar-refractivity contribution is -0.131. The van der Waals surface area contributed by atoms with Crippen molar-refractivity contribution in [1.29, 1.82) is 0 Å². The van der Waals surface area contributed by atoms with Crippen LogP contribution in [0.4, 0.5) is 4.39 Å². The van der Waals surface area contributed by atoms with E-state index in [1.54, 1.807) is 11.0 Å². The molecule has 1 aromatic rings. The van der Waals surface area contributed by atoms with Crippen LogP contribution in [0.2, 0.25) is 0 Å². The van der Waals surface area contributed by atoms with Gasteiger partial charge in [0.1, 0.15) is 12.4 Å². The van der Waals surface area contributed by atoms with Crippen LogP contribution >= 0.6 is 0 Å². The minimum atomic E-state index is -0.370. The van der Waals surface area contributed by atoms with Gasteiger partial charge in [-0.15, -0.1) is 0 Å². The summed E-state index contributed by atoms with van der Waals surface area (Å²) in [5, 5.41) is 8.70. The fraction of sp³-hybridized carbons (Fsp3) is 0.471. The molecule has 0 aliphatic carbocycles. The predicted molar refractivity (Wildman–Crippen MR) is 78.8 cm³/mol. The topological polar surface area (TPSA) is 40.5 Å². The normalized spacial score (nSPS) is 18.9. The van der Waals surface area contributed by atoms with Gasteiger partial charge in [0.05, 0.1) is 0 Å². The third kappa shape index (κ3) is 4.57. The Bertz CT molecular complexity index is 574. The summed E-state index contributed by atoms with van der Waals surface area (Å²) < 4.78 is 13.6. The lowest BCUT2D eigenvalue weighted by atomic mass is 10.0. The monoisotopic (exact) mass is 289 g/mol. The Morgan fingerprint density at radius 3 is 2.95 bits per heavy atom. The summed E-state index contributed by atoms with van der Waals surface area (Å²) in [7, 11) is 0. The highest BCUT2D eigenvalue weighted by Crippen LogP contribution is 2.20. The average molecular weight is 289 g/mol. The summed E-state index contributed by atoms with van der Waals surface area (Å²) in [6.07, 6.45) is 2.47. The fourth-order valence-corrected chi connectivity index (χ4v) is 2.52. The molecule has 2 rings (SSSR count). The molecule has 1 unspecified atom stereocenters. The molecule has 1 amide bonds. The van der Waals surface area contributed by atoms with E-state index < -0.39 is 0 Å². The van der Waals surface area contributed by atoms with E-state index in [4.69, 9.17) is 5.11 Å². The molecule has 4 heteroatoms. The number of aliphatic hydroxyl groups excluding tert-OH is 1. The van der Waals surface area contributed by atoms with E-state index in [9.17, 15) is 9.18 Å². The summed E-state index contributed by atoms with van der Waals surface area (Å²) in [5.41, 5.74) is 1.26. The highest BCUT2D eigenvalue weighted by Gasteiger charge is 2.20. The minimum absolute atomic E-state index is 0.131. The summed E-state index contributed by atoms with van der Waals surface area (Å²) >= 11 is 0. The molecular weight excluding hydrogens is 269 g/mol. The quantitative estimate of drug-likeness (QED) is 0.849. The van der Waals surface area contributed by atoms with E-state index in [0.29, 0.717) is 31.0 Å². The molecule has 1 aliphatic heterocycles. The highest BCUT2D eigenvalue weighted by atomic mass is 19.1. The second-order valence-corrected chi connectivity index (χ2v) is 5.56. The van der Waals surface area contributed by atoms with E-state index in [1.807, 2.05) is 0 Å². The Kier molecular flexibility index (Phi) is 5.35. The molecule has 1 heterocycles. The molecule has 112 valence electrons. The summed E-state index contributed by atoms with van der Waals surface area (Å²) in [6, 6.07) is 4.54. The molecular formula is C17H20FNO2. The Hall–Kier alpha value is -1.86. The molecule has 1 aromatic carbocycles. The number of halogens is 1. The van der Waals surface area contributed by atoms with Crippen molar-refractivity contribution in [2.24, 2.45) is 5.92 Å². The Morgan fingerprint density at radius 1 is 1.38 bits per heavy atom. The van der Waals surface area contributed by atoms with Crippen LogP contribution in [0.1, 0.15) is 37.3 Å². The van der Waals surface area contributed by atoms with Crippen molar-refractivity contribution in [2.45, 2.75) is 32.7 Å². The zero-order chi connectivity index (χ0) is 15.2. The summed E-state index contributed by atoms with van der Waals surface area (Å²) in [5.74, 6) is 5.52. The number of amides is 1. The van der Waals surface area contributed by atoms with Crippen molar-refractivity contribution < 1.29 is 14.3 Å². The number of likely N-dealkylation sites (tertiary alicyclic amines) is 1. The van der Waals surface area contributed by atoms with E-state index in [0.717, 1.165) is 18.4 Å². The Labute approximate surface area is 124 Å². The first kappa shape index (κ1) is 15.5. The first-order valence-corrected chi connectivity index (χ1v) is 7.25. The molecule has 0 spiro atoms. The van der Waals surface area contributed by atoms with Gasteiger partial charge in [-0.2, -0.15) is 0 Å². The van der Waals surface area contributed by atoms with Crippen molar-refractivity contribution in [3.05, 3.63) is 35.1 Å². The van der Waals surface area contributed by atoms with Crippen molar-refractivity contribution >= 4 is 5.91 Å². The van der Waals surface area contributed by atoms with Crippen LogP contribution < -0.4 is 0 Å². The molecule has 0 bridgehead atoms. The predicted octanol–water partition coefficient (Wildman–Crippen LogP) is 2.32. The first-order valence-electron chi connectivity index (χ1n) is 7.25. The van der Waals surface area contributed by atoms with E-state index >= 15 is 0 Å². The number of hydrogen-bond acceptors (Lipinski definition) is 2. The molecule has 1 saturated heterocycles. The maximum Gasteiger partial charge on any atom is 0.222 e. The van der Waals surface area contributed by atoms with E-state index in [-0.39, 0.29) is 18.3 Å². The number of carbonyl (C=O) groups is 1. The van der Waals surface area contributed by atoms with Gasteiger partial charge in [0.2, 0.25) is 5.91 Å². The van der Waals surface area contributed by atoms with Crippen molar-refractivity contribution in [2.75, 3.05) is 13.2 Å². The van der Waals surface area contributed by atoms with Crippen LogP contribution in [0.3, 0.4) is 0 Å². The third-order valence-electron chi connectivity index (χ3n) is 3.74. The second kappa shape index (κ2) is 7.24. The number of aliphatic hydroxyl groups is 1. The van der Waals surface area contributed by atoms with Crippen molar-refractivity contribution in [1.82, 2.24) is 4.90 Å². The van der Waals surface area contributed by atoms with Gasteiger partial charge < -0.3 is 10.0 Å². The molecule has 1 N–H and O–H groups in total. The van der Waals surface area contributed by atoms with Gasteiger partial charge in [0.25, 0.3) is 0 Å². The van der Waals surface area contributed by atoms with Crippen LogP contribution in [0.15, 0.2) is 18.2 Å². The zero-order valence-corrected chi connectivity index (χ0v) is 12.2. The maximum atomic E-state index is 13.6. The standard InChI is InChI=1S/C17H20FNO2/c1-13-4-5-17(21)19(7-6-13)12-15-9-14(3-2-8-20)10-16(18)11-15/h9-11,13,20H,4-8,12H2,1H3. The van der Waals surface area contributed by atoms with Crippen molar-refractivity contribution in [3.8, 4) is 11.8 Å². The molecule has 3 nitrogen and oxygen atoms in total. The van der Waals surface area contributed by atoms with Gasteiger partial charge >= 0.3 is 0 Å². The van der Waals surface area contributed by atoms with Gasteiger partial charge in [-0.05, 0) is 42.5 Å². The fourth-order valence-electron chi connectivity index (χ4n) is 2.52. The van der Waals surface area contributed by atoms with Crippen LogP contribution in [0.25, 0.3) is 0 Å². The van der Waals surface area contributed by atoms with Gasteiger partial charge in [-0.3, -0.25) is 4.79 Å². The number of rotatable bonds is 2. The van der Waals surface area contributed by atoms with Gasteiger partial charge in [-0.1, -0.05) is 18.8 Å². The number of benzene rings is 1. The SMILES string of the molecule is CC1CCC(=O)N(Cc2cc(F)cc(C#CCO)c2)CC1. The smallest absolute Gasteiger partial charge is 0.222 e. The van der Waals surface area contributed by atoms with Gasteiger partial charge in [0, 0.05) is 25.1 Å². The molecule has 0 aromatic heterocycles. The summed E-state index contributed by atoms with van der Waals surface area (Å²) in [6.45, 7) is 3.03. The molecule has 0 saturated carbocycles. The Balaban J connectivity index is 2.14. The number of carbonyl (C=O) groups excluding carboxylic acids is 1. The maximum absolute atomic E-state index is 13.6. The lowest BCUT2D eigenvalue weighted by Gasteiger charge is -2.21. The average Bonchev–Trinajstić information content (AvgIpc) is 2.60. The van der Waals surface area contributed by atoms with E-state index in [1.165, 1.54) is 12.1 Å². The number of nitrogens with zero attached hydrogens (tertiary/aromatic N) is 1. The lowest BCUT2D eigenvalue weighted by Crippen LogP contribution is -2.29. The summed E-state index contributed by atoms with van der Waals surface area (Å²) in [4.78, 5) is 13.9.